The van der Waals surface area contributed by atoms with E-state index in [-0.39, 0.29) is 0 Å². The van der Waals surface area contributed by atoms with E-state index < -0.39 is 24.0 Å². The lowest BCUT2D eigenvalue weighted by Gasteiger charge is -2.32. The number of pyridine rings is 1. The SMILES string of the molecule is CC1(C)OB(C(F)=CCn2cc(-c3ccncc3)cn2)OC1(C)C. The Bertz CT molecular complexity index is 727. The summed E-state index contributed by atoms with van der Waals surface area (Å²) in [7, 11) is -0.967. The van der Waals surface area contributed by atoms with Gasteiger partial charge in [-0.2, -0.15) is 5.10 Å². The topological polar surface area (TPSA) is 49.2 Å². The van der Waals surface area contributed by atoms with Crippen molar-refractivity contribution in [3.05, 3.63) is 48.7 Å². The number of allylic oxidation sites excluding steroid dienone is 1. The summed E-state index contributed by atoms with van der Waals surface area (Å²) in [5.41, 5.74) is 0.440. The third-order valence-corrected chi connectivity index (χ3v) is 4.60. The Morgan fingerprint density at radius 1 is 1.17 bits per heavy atom. The molecule has 0 unspecified atom stereocenters. The van der Waals surface area contributed by atoms with E-state index >= 15 is 0 Å². The molecule has 0 bridgehead atoms. The second-order valence-electron chi connectivity index (χ2n) is 6.86. The Labute approximate surface area is 141 Å². The van der Waals surface area contributed by atoms with Crippen LogP contribution in [-0.4, -0.2) is 33.1 Å². The Balaban J connectivity index is 1.67. The summed E-state index contributed by atoms with van der Waals surface area (Å²) >= 11 is 0. The molecule has 5 nitrogen and oxygen atoms in total. The molecule has 0 radical (unpaired) electrons. The molecule has 0 spiro atoms. The lowest BCUT2D eigenvalue weighted by molar-refractivity contribution is 0.00578. The van der Waals surface area contributed by atoms with Gasteiger partial charge in [-0.25, -0.2) is 4.39 Å². The monoisotopic (exact) mass is 329 g/mol. The fourth-order valence-electron chi connectivity index (χ4n) is 2.39. The van der Waals surface area contributed by atoms with Crippen molar-refractivity contribution in [2.24, 2.45) is 0 Å². The van der Waals surface area contributed by atoms with Crippen LogP contribution in [0, 0.1) is 0 Å². The maximum absolute atomic E-state index is 14.4. The molecule has 126 valence electrons. The summed E-state index contributed by atoms with van der Waals surface area (Å²) in [5, 5.41) is 4.25. The predicted molar refractivity (Wildman–Crippen MR) is 90.7 cm³/mol. The van der Waals surface area contributed by atoms with E-state index in [1.807, 2.05) is 46.0 Å². The summed E-state index contributed by atoms with van der Waals surface area (Å²) < 4.78 is 27.4. The average molecular weight is 329 g/mol. The second kappa shape index (κ2) is 6.14. The minimum atomic E-state index is -0.967. The molecule has 1 aliphatic rings. The first kappa shape index (κ1) is 16.9. The normalized spacial score (nSPS) is 19.7. The highest BCUT2D eigenvalue weighted by Crippen LogP contribution is 2.38. The minimum absolute atomic E-state index is 0.307. The molecule has 1 saturated heterocycles. The van der Waals surface area contributed by atoms with E-state index in [1.54, 1.807) is 23.3 Å². The molecule has 0 aliphatic carbocycles. The maximum atomic E-state index is 14.4. The third kappa shape index (κ3) is 3.27. The van der Waals surface area contributed by atoms with E-state index in [4.69, 9.17) is 9.31 Å². The number of rotatable bonds is 4. The van der Waals surface area contributed by atoms with Crippen molar-refractivity contribution in [3.8, 4) is 11.1 Å². The van der Waals surface area contributed by atoms with E-state index in [1.165, 1.54) is 6.08 Å². The van der Waals surface area contributed by atoms with Crippen LogP contribution >= 0.6 is 0 Å². The van der Waals surface area contributed by atoms with Gasteiger partial charge in [0.05, 0.1) is 23.9 Å². The average Bonchev–Trinajstić information content (AvgIpc) is 3.08. The van der Waals surface area contributed by atoms with E-state index in [0.29, 0.717) is 6.54 Å². The quantitative estimate of drug-likeness (QED) is 0.807. The van der Waals surface area contributed by atoms with Crippen LogP contribution < -0.4 is 0 Å². The first-order valence-electron chi connectivity index (χ1n) is 7.92. The first-order valence-corrected chi connectivity index (χ1v) is 7.92. The largest absolute Gasteiger partial charge is 0.524 e. The van der Waals surface area contributed by atoms with Crippen molar-refractivity contribution in [3.63, 3.8) is 0 Å². The molecule has 7 heteroatoms. The van der Waals surface area contributed by atoms with Gasteiger partial charge in [0, 0.05) is 24.2 Å². The molecule has 3 heterocycles. The minimum Gasteiger partial charge on any atom is -0.398 e. The summed E-state index contributed by atoms with van der Waals surface area (Å²) in [6, 6.07) is 3.81. The molecule has 0 aromatic carbocycles. The highest BCUT2D eigenvalue weighted by Gasteiger charge is 2.52. The number of aromatic nitrogens is 3. The third-order valence-electron chi connectivity index (χ3n) is 4.60. The molecular weight excluding hydrogens is 308 g/mol. The van der Waals surface area contributed by atoms with Gasteiger partial charge in [-0.3, -0.25) is 9.67 Å². The zero-order valence-corrected chi connectivity index (χ0v) is 14.4. The van der Waals surface area contributed by atoms with Crippen LogP contribution in [0.4, 0.5) is 4.39 Å². The van der Waals surface area contributed by atoms with Gasteiger partial charge in [-0.1, -0.05) is 0 Å². The Hall–Kier alpha value is -1.99. The molecule has 24 heavy (non-hydrogen) atoms. The lowest BCUT2D eigenvalue weighted by atomic mass is 9.88. The van der Waals surface area contributed by atoms with Crippen LogP contribution in [0.25, 0.3) is 11.1 Å². The molecular formula is C17H21BFN3O2. The summed E-state index contributed by atoms with van der Waals surface area (Å²) in [4.78, 5) is 3.99. The summed E-state index contributed by atoms with van der Waals surface area (Å²) in [6.07, 6.45) is 8.50. The predicted octanol–water partition coefficient (Wildman–Crippen LogP) is 3.43. The van der Waals surface area contributed by atoms with Gasteiger partial charge >= 0.3 is 7.12 Å². The van der Waals surface area contributed by atoms with Crippen LogP contribution in [0.15, 0.2) is 48.7 Å². The van der Waals surface area contributed by atoms with Gasteiger partial charge in [-0.05, 0) is 51.5 Å². The van der Waals surface area contributed by atoms with Crippen molar-refractivity contribution in [2.45, 2.75) is 45.4 Å². The Morgan fingerprint density at radius 2 is 1.79 bits per heavy atom. The smallest absolute Gasteiger partial charge is 0.398 e. The van der Waals surface area contributed by atoms with Crippen molar-refractivity contribution >= 4 is 7.12 Å². The van der Waals surface area contributed by atoms with Gasteiger partial charge in [0.1, 0.15) is 5.73 Å². The van der Waals surface area contributed by atoms with E-state index in [0.717, 1.165) is 11.1 Å². The van der Waals surface area contributed by atoms with Crippen LogP contribution in [-0.2, 0) is 15.9 Å². The molecule has 1 aliphatic heterocycles. The zero-order chi connectivity index (χ0) is 17.4. The van der Waals surface area contributed by atoms with Crippen molar-refractivity contribution in [1.29, 1.82) is 0 Å². The second-order valence-corrected chi connectivity index (χ2v) is 6.86. The van der Waals surface area contributed by atoms with Gasteiger partial charge in [0.15, 0.2) is 0 Å². The van der Waals surface area contributed by atoms with Crippen molar-refractivity contribution in [1.82, 2.24) is 14.8 Å². The summed E-state index contributed by atoms with van der Waals surface area (Å²) in [6.45, 7) is 7.90. The molecule has 0 saturated carbocycles. The molecule has 3 rings (SSSR count). The van der Waals surface area contributed by atoms with Crippen LogP contribution in [0.2, 0.25) is 0 Å². The first-order chi connectivity index (χ1) is 11.3. The van der Waals surface area contributed by atoms with Crippen LogP contribution in [0.1, 0.15) is 27.7 Å². The van der Waals surface area contributed by atoms with Crippen LogP contribution in [0.5, 0.6) is 0 Å². The zero-order valence-electron chi connectivity index (χ0n) is 14.4. The van der Waals surface area contributed by atoms with Gasteiger partial charge < -0.3 is 9.31 Å². The number of nitrogens with zero attached hydrogens (tertiary/aromatic N) is 3. The molecule has 2 aromatic rings. The van der Waals surface area contributed by atoms with Crippen molar-refractivity contribution in [2.75, 3.05) is 0 Å². The molecule has 0 amide bonds. The highest BCUT2D eigenvalue weighted by molar-refractivity contribution is 6.53. The highest BCUT2D eigenvalue weighted by atomic mass is 19.1. The Morgan fingerprint density at radius 3 is 2.42 bits per heavy atom. The van der Waals surface area contributed by atoms with Gasteiger partial charge in [-0.15, -0.1) is 0 Å². The maximum Gasteiger partial charge on any atom is 0.524 e. The summed E-state index contributed by atoms with van der Waals surface area (Å²) in [5.74, 6) is 0. The molecule has 0 atom stereocenters. The van der Waals surface area contributed by atoms with Crippen LogP contribution in [0.3, 0.4) is 0 Å². The number of hydrogen-bond acceptors (Lipinski definition) is 4. The molecule has 1 fully saturated rings. The Kier molecular flexibility index (Phi) is 4.32. The standard InChI is InChI=1S/C17H21BFN3O2/c1-16(2)17(3,4)24-18(23-16)15(19)7-10-22-12-14(11-21-22)13-5-8-20-9-6-13/h5-9,11-12H,10H2,1-4H3. The lowest BCUT2D eigenvalue weighted by Crippen LogP contribution is -2.41. The van der Waals surface area contributed by atoms with Gasteiger partial charge in [0.25, 0.3) is 0 Å². The van der Waals surface area contributed by atoms with E-state index in [9.17, 15) is 4.39 Å². The fraction of sp³-hybridized carbons (Fsp3) is 0.412. The fourth-order valence-corrected chi connectivity index (χ4v) is 2.39. The van der Waals surface area contributed by atoms with Gasteiger partial charge in [0.2, 0.25) is 0 Å². The number of hydrogen-bond donors (Lipinski definition) is 0. The van der Waals surface area contributed by atoms with E-state index in [2.05, 4.69) is 10.1 Å². The molecule has 0 N–H and O–H groups in total. The van der Waals surface area contributed by atoms with Crippen molar-refractivity contribution < 1.29 is 13.7 Å². The number of halogens is 1. The molecule has 2 aromatic heterocycles.